The first-order chi connectivity index (χ1) is 10.3. The monoisotopic (exact) mass is 292 g/mol. The Labute approximate surface area is 126 Å². The fraction of sp³-hybridized carbons (Fsp3) is 0.647. The van der Waals surface area contributed by atoms with Crippen LogP contribution in [0.3, 0.4) is 0 Å². The van der Waals surface area contributed by atoms with Gasteiger partial charge in [0.05, 0.1) is 11.8 Å². The standard InChI is InChI=1S/C17H25FN2O/c1-2-21-15-8-10-20(11-9-15)17-13(4-3-5-16(17)18)12-19-14-6-7-14/h3-5,14-15,19H,2,6-12H2,1H3. The Morgan fingerprint density at radius 2 is 2.00 bits per heavy atom. The lowest BCUT2D eigenvalue weighted by Gasteiger charge is -2.34. The van der Waals surface area contributed by atoms with Crippen molar-refractivity contribution in [3.05, 3.63) is 29.6 Å². The number of nitrogens with zero attached hydrogens (tertiary/aromatic N) is 1. The highest BCUT2D eigenvalue weighted by atomic mass is 19.1. The zero-order valence-electron chi connectivity index (χ0n) is 12.8. The number of hydrogen-bond acceptors (Lipinski definition) is 3. The average molecular weight is 292 g/mol. The zero-order valence-corrected chi connectivity index (χ0v) is 12.8. The highest BCUT2D eigenvalue weighted by Crippen LogP contribution is 2.29. The zero-order chi connectivity index (χ0) is 14.7. The summed E-state index contributed by atoms with van der Waals surface area (Å²) in [6.07, 6.45) is 4.82. The highest BCUT2D eigenvalue weighted by molar-refractivity contribution is 5.55. The summed E-state index contributed by atoms with van der Waals surface area (Å²) in [6.45, 7) is 5.32. The first-order valence-electron chi connectivity index (χ1n) is 8.15. The second kappa shape index (κ2) is 6.75. The van der Waals surface area contributed by atoms with Gasteiger partial charge in [0.1, 0.15) is 5.82 Å². The van der Waals surface area contributed by atoms with E-state index in [1.54, 1.807) is 6.07 Å². The van der Waals surface area contributed by atoms with Crippen molar-refractivity contribution in [3.63, 3.8) is 0 Å². The number of ether oxygens (including phenoxy) is 1. The molecule has 0 amide bonds. The van der Waals surface area contributed by atoms with Gasteiger partial charge in [-0.1, -0.05) is 12.1 Å². The Balaban J connectivity index is 1.68. The van der Waals surface area contributed by atoms with E-state index in [2.05, 4.69) is 10.2 Å². The van der Waals surface area contributed by atoms with E-state index in [0.29, 0.717) is 12.1 Å². The molecule has 1 saturated carbocycles. The molecule has 1 heterocycles. The van der Waals surface area contributed by atoms with Gasteiger partial charge < -0.3 is 15.0 Å². The van der Waals surface area contributed by atoms with Crippen LogP contribution in [0.15, 0.2) is 18.2 Å². The molecule has 0 radical (unpaired) electrons. The second-order valence-corrected chi connectivity index (χ2v) is 6.04. The van der Waals surface area contributed by atoms with Gasteiger partial charge in [0.2, 0.25) is 0 Å². The summed E-state index contributed by atoms with van der Waals surface area (Å²) in [4.78, 5) is 2.19. The lowest BCUT2D eigenvalue weighted by atomic mass is 10.0. The molecule has 1 saturated heterocycles. The molecule has 1 aliphatic carbocycles. The first-order valence-corrected chi connectivity index (χ1v) is 8.15. The Morgan fingerprint density at radius 3 is 2.67 bits per heavy atom. The smallest absolute Gasteiger partial charge is 0.146 e. The van der Waals surface area contributed by atoms with Crippen molar-refractivity contribution < 1.29 is 9.13 Å². The molecule has 1 N–H and O–H groups in total. The molecule has 0 unspecified atom stereocenters. The molecule has 21 heavy (non-hydrogen) atoms. The summed E-state index contributed by atoms with van der Waals surface area (Å²) < 4.78 is 20.0. The molecule has 4 heteroatoms. The van der Waals surface area contributed by atoms with Gasteiger partial charge in [0, 0.05) is 32.3 Å². The molecule has 2 aliphatic rings. The van der Waals surface area contributed by atoms with Gasteiger partial charge >= 0.3 is 0 Å². The minimum atomic E-state index is -0.0973. The maximum atomic E-state index is 14.3. The van der Waals surface area contributed by atoms with E-state index in [-0.39, 0.29) is 5.82 Å². The van der Waals surface area contributed by atoms with Crippen LogP contribution in [0.2, 0.25) is 0 Å². The SMILES string of the molecule is CCOC1CCN(c2c(F)cccc2CNC2CC2)CC1. The third-order valence-electron chi connectivity index (χ3n) is 4.39. The van der Waals surface area contributed by atoms with E-state index in [1.807, 2.05) is 19.1 Å². The van der Waals surface area contributed by atoms with Crippen molar-refractivity contribution in [3.8, 4) is 0 Å². The first kappa shape index (κ1) is 14.8. The second-order valence-electron chi connectivity index (χ2n) is 6.04. The summed E-state index contributed by atoms with van der Waals surface area (Å²) in [5.74, 6) is -0.0973. The minimum absolute atomic E-state index is 0.0973. The van der Waals surface area contributed by atoms with E-state index < -0.39 is 0 Å². The fourth-order valence-electron chi connectivity index (χ4n) is 3.08. The van der Waals surface area contributed by atoms with Crippen LogP contribution >= 0.6 is 0 Å². The predicted octanol–water partition coefficient (Wildman–Crippen LogP) is 3.08. The Hall–Kier alpha value is -1.13. The maximum absolute atomic E-state index is 14.3. The number of nitrogens with one attached hydrogen (secondary N) is 1. The largest absolute Gasteiger partial charge is 0.378 e. The fourth-order valence-corrected chi connectivity index (χ4v) is 3.08. The molecular weight excluding hydrogens is 267 g/mol. The third-order valence-corrected chi connectivity index (χ3v) is 4.39. The molecule has 2 fully saturated rings. The Morgan fingerprint density at radius 1 is 1.24 bits per heavy atom. The number of anilines is 1. The van der Waals surface area contributed by atoms with E-state index >= 15 is 0 Å². The molecule has 1 aliphatic heterocycles. The summed E-state index contributed by atoms with van der Waals surface area (Å²) >= 11 is 0. The van der Waals surface area contributed by atoms with Crippen LogP contribution in [-0.2, 0) is 11.3 Å². The van der Waals surface area contributed by atoms with Gasteiger partial charge in [-0.05, 0) is 44.2 Å². The molecule has 0 atom stereocenters. The van der Waals surface area contributed by atoms with Crippen LogP contribution in [0.4, 0.5) is 10.1 Å². The van der Waals surface area contributed by atoms with Crippen LogP contribution in [-0.4, -0.2) is 31.8 Å². The van der Waals surface area contributed by atoms with Crippen LogP contribution in [0.25, 0.3) is 0 Å². The van der Waals surface area contributed by atoms with Crippen LogP contribution in [0.5, 0.6) is 0 Å². The summed E-state index contributed by atoms with van der Waals surface area (Å²) in [5.41, 5.74) is 1.87. The molecule has 116 valence electrons. The number of rotatable bonds is 6. The van der Waals surface area contributed by atoms with E-state index in [4.69, 9.17) is 4.74 Å². The Kier molecular flexibility index (Phi) is 4.76. The van der Waals surface area contributed by atoms with E-state index in [1.165, 1.54) is 12.8 Å². The third kappa shape index (κ3) is 3.74. The van der Waals surface area contributed by atoms with Gasteiger partial charge in [-0.15, -0.1) is 0 Å². The van der Waals surface area contributed by atoms with Crippen molar-refractivity contribution in [1.29, 1.82) is 0 Å². The van der Waals surface area contributed by atoms with Crippen molar-refractivity contribution in [2.24, 2.45) is 0 Å². The maximum Gasteiger partial charge on any atom is 0.146 e. The van der Waals surface area contributed by atoms with Crippen LogP contribution in [0.1, 0.15) is 38.2 Å². The quantitative estimate of drug-likeness (QED) is 0.872. The molecular formula is C17H25FN2O. The van der Waals surface area contributed by atoms with E-state index in [9.17, 15) is 4.39 Å². The molecule has 1 aromatic carbocycles. The van der Waals surface area contributed by atoms with Gasteiger partial charge in [0.15, 0.2) is 0 Å². The Bertz CT molecular complexity index is 468. The molecule has 1 aromatic rings. The lowest BCUT2D eigenvalue weighted by molar-refractivity contribution is 0.0458. The minimum Gasteiger partial charge on any atom is -0.378 e. The highest BCUT2D eigenvalue weighted by Gasteiger charge is 2.25. The van der Waals surface area contributed by atoms with Crippen LogP contribution < -0.4 is 10.2 Å². The number of halogens is 1. The molecule has 0 aromatic heterocycles. The van der Waals surface area contributed by atoms with Gasteiger partial charge in [-0.25, -0.2) is 4.39 Å². The number of hydrogen-bond donors (Lipinski definition) is 1. The van der Waals surface area contributed by atoms with Crippen molar-refractivity contribution >= 4 is 5.69 Å². The molecule has 0 spiro atoms. The van der Waals surface area contributed by atoms with Crippen molar-refractivity contribution in [2.45, 2.75) is 51.3 Å². The number of para-hydroxylation sites is 1. The number of benzene rings is 1. The number of piperidine rings is 1. The van der Waals surface area contributed by atoms with Gasteiger partial charge in [0.25, 0.3) is 0 Å². The average Bonchev–Trinajstić information content (AvgIpc) is 3.31. The van der Waals surface area contributed by atoms with Gasteiger partial charge in [-0.3, -0.25) is 0 Å². The summed E-state index contributed by atoms with van der Waals surface area (Å²) in [7, 11) is 0. The van der Waals surface area contributed by atoms with Crippen LogP contribution in [0, 0.1) is 5.82 Å². The van der Waals surface area contributed by atoms with E-state index in [0.717, 1.165) is 50.3 Å². The molecule has 3 rings (SSSR count). The molecule has 3 nitrogen and oxygen atoms in total. The summed E-state index contributed by atoms with van der Waals surface area (Å²) in [5, 5.41) is 3.49. The normalized spacial score (nSPS) is 20.0. The summed E-state index contributed by atoms with van der Waals surface area (Å²) in [6, 6.07) is 6.08. The predicted molar refractivity (Wildman–Crippen MR) is 83.1 cm³/mol. The van der Waals surface area contributed by atoms with Gasteiger partial charge in [-0.2, -0.15) is 0 Å². The van der Waals surface area contributed by atoms with Crippen molar-refractivity contribution in [1.82, 2.24) is 5.32 Å². The molecule has 0 bridgehead atoms. The topological polar surface area (TPSA) is 24.5 Å². The lowest BCUT2D eigenvalue weighted by Crippen LogP contribution is -2.38. The van der Waals surface area contributed by atoms with Crippen molar-refractivity contribution in [2.75, 3.05) is 24.6 Å².